The van der Waals surface area contributed by atoms with Gasteiger partial charge >= 0.3 is 5.97 Å². The zero-order valence-corrected chi connectivity index (χ0v) is 8.72. The summed E-state index contributed by atoms with van der Waals surface area (Å²) in [5.41, 5.74) is 6.34. The van der Waals surface area contributed by atoms with E-state index in [9.17, 15) is 9.90 Å². The van der Waals surface area contributed by atoms with Crippen molar-refractivity contribution in [1.82, 2.24) is 0 Å². The van der Waals surface area contributed by atoms with E-state index in [1.807, 2.05) is 22.6 Å². The summed E-state index contributed by atoms with van der Waals surface area (Å²) in [7, 11) is 0. The van der Waals surface area contributed by atoms with Gasteiger partial charge in [0.05, 0.1) is 0 Å². The normalized spacial score (nSPS) is 12.5. The highest BCUT2D eigenvalue weighted by Gasteiger charge is 2.19. The predicted octanol–water partition coefficient (Wildman–Crippen LogP) is 0.991. The maximum Gasteiger partial charge on any atom is 0.337 e. The monoisotopic (exact) mass is 293 g/mol. The van der Waals surface area contributed by atoms with Crippen LogP contribution in [0, 0.1) is 3.57 Å². The molecule has 0 radical (unpaired) electrons. The second-order valence-corrected chi connectivity index (χ2v) is 3.57. The lowest BCUT2D eigenvalue weighted by molar-refractivity contribution is -0.147. The number of aliphatic hydroxyl groups is 1. The number of hydrogen-bond acceptors (Lipinski definition) is 3. The van der Waals surface area contributed by atoms with E-state index in [0.717, 1.165) is 0 Å². The van der Waals surface area contributed by atoms with Crippen LogP contribution in [0.5, 0.6) is 0 Å². The lowest BCUT2D eigenvalue weighted by Gasteiger charge is -2.09. The summed E-state index contributed by atoms with van der Waals surface area (Å²) in [4.78, 5) is 10.5. The molecule has 13 heavy (non-hydrogen) atoms. The van der Waals surface area contributed by atoms with Crippen molar-refractivity contribution in [2.24, 2.45) is 0 Å². The van der Waals surface area contributed by atoms with Crippen molar-refractivity contribution in [3.8, 4) is 0 Å². The van der Waals surface area contributed by atoms with Crippen molar-refractivity contribution in [3.63, 3.8) is 0 Å². The first-order valence-corrected chi connectivity index (χ1v) is 4.56. The Hall–Kier alpha value is -0.820. The Kier molecular flexibility index (Phi) is 3.10. The molecular weight excluding hydrogens is 285 g/mol. The van der Waals surface area contributed by atoms with Crippen molar-refractivity contribution in [2.75, 3.05) is 5.73 Å². The van der Waals surface area contributed by atoms with Gasteiger partial charge in [0.1, 0.15) is 0 Å². The van der Waals surface area contributed by atoms with Crippen molar-refractivity contribution in [3.05, 3.63) is 27.3 Å². The molecule has 0 amide bonds. The molecule has 0 aliphatic heterocycles. The summed E-state index contributed by atoms with van der Waals surface area (Å²) in [5.74, 6) is -1.27. The number of hydrogen-bond donors (Lipinski definition) is 3. The van der Waals surface area contributed by atoms with Crippen LogP contribution in [-0.4, -0.2) is 16.2 Å². The van der Waals surface area contributed by atoms with Crippen LogP contribution in [0.25, 0.3) is 0 Å². The van der Waals surface area contributed by atoms with E-state index in [-0.39, 0.29) is 0 Å². The number of anilines is 1. The third-order valence-electron chi connectivity index (χ3n) is 1.59. The molecule has 5 heteroatoms. The van der Waals surface area contributed by atoms with Gasteiger partial charge in [0, 0.05) is 14.8 Å². The fourth-order valence-electron chi connectivity index (χ4n) is 0.913. The van der Waals surface area contributed by atoms with E-state index in [0.29, 0.717) is 14.8 Å². The van der Waals surface area contributed by atoms with Crippen LogP contribution in [0.1, 0.15) is 11.7 Å². The largest absolute Gasteiger partial charge is 0.479 e. The van der Waals surface area contributed by atoms with Crippen LogP contribution < -0.4 is 5.73 Å². The van der Waals surface area contributed by atoms with E-state index in [1.54, 1.807) is 12.1 Å². The highest BCUT2D eigenvalue weighted by Crippen LogP contribution is 2.24. The molecule has 1 unspecified atom stereocenters. The predicted molar refractivity (Wildman–Crippen MR) is 56.2 cm³/mol. The molecule has 4 N–H and O–H groups in total. The van der Waals surface area contributed by atoms with E-state index in [4.69, 9.17) is 10.8 Å². The third-order valence-corrected chi connectivity index (χ3v) is 2.83. The number of halogens is 1. The molecule has 0 aliphatic carbocycles. The first-order chi connectivity index (χ1) is 6.04. The van der Waals surface area contributed by atoms with Gasteiger partial charge in [0.25, 0.3) is 0 Å². The first-order valence-electron chi connectivity index (χ1n) is 3.48. The topological polar surface area (TPSA) is 83.5 Å². The Balaban J connectivity index is 3.15. The van der Waals surface area contributed by atoms with Gasteiger partial charge in [0.2, 0.25) is 0 Å². The molecule has 0 aromatic heterocycles. The molecule has 70 valence electrons. The number of aliphatic carboxylic acids is 1. The zero-order valence-electron chi connectivity index (χ0n) is 6.57. The lowest BCUT2D eigenvalue weighted by atomic mass is 10.1. The Morgan fingerprint density at radius 3 is 2.69 bits per heavy atom. The van der Waals surface area contributed by atoms with Crippen LogP contribution in [0.15, 0.2) is 18.2 Å². The standard InChI is InChI=1S/C8H8INO3/c9-6-4(7(11)8(12)13)2-1-3-5(6)10/h1-3,7,11H,10H2,(H,12,13). The second-order valence-electron chi connectivity index (χ2n) is 2.49. The summed E-state index contributed by atoms with van der Waals surface area (Å²) >= 11 is 1.91. The molecule has 0 fully saturated rings. The van der Waals surface area contributed by atoms with Gasteiger partial charge in [-0.2, -0.15) is 0 Å². The van der Waals surface area contributed by atoms with Crippen molar-refractivity contribution in [1.29, 1.82) is 0 Å². The van der Waals surface area contributed by atoms with Crippen molar-refractivity contribution >= 4 is 34.2 Å². The molecule has 0 heterocycles. The van der Waals surface area contributed by atoms with E-state index >= 15 is 0 Å². The van der Waals surface area contributed by atoms with Crippen molar-refractivity contribution < 1.29 is 15.0 Å². The molecule has 0 saturated carbocycles. The zero-order chi connectivity index (χ0) is 10.0. The van der Waals surface area contributed by atoms with Gasteiger partial charge in [-0.05, 0) is 28.7 Å². The third kappa shape index (κ3) is 2.10. The minimum atomic E-state index is -1.50. The molecule has 1 aromatic carbocycles. The Bertz CT molecular complexity index is 340. The number of carboxylic acids is 1. The SMILES string of the molecule is Nc1cccc(C(O)C(=O)O)c1I. The fraction of sp³-hybridized carbons (Fsp3) is 0.125. The summed E-state index contributed by atoms with van der Waals surface area (Å²) in [6, 6.07) is 4.80. The van der Waals surface area contributed by atoms with Gasteiger partial charge in [-0.3, -0.25) is 0 Å². The number of benzene rings is 1. The van der Waals surface area contributed by atoms with Crippen LogP contribution in [0.3, 0.4) is 0 Å². The van der Waals surface area contributed by atoms with Crippen LogP contribution in [0.4, 0.5) is 5.69 Å². The highest BCUT2D eigenvalue weighted by atomic mass is 127. The van der Waals surface area contributed by atoms with Crippen molar-refractivity contribution in [2.45, 2.75) is 6.10 Å². The summed E-state index contributed by atoms with van der Waals surface area (Å²) < 4.78 is 0.579. The molecule has 4 nitrogen and oxygen atoms in total. The Labute approximate surface area is 88.5 Å². The number of rotatable bonds is 2. The molecule has 0 bridgehead atoms. The Morgan fingerprint density at radius 1 is 1.54 bits per heavy atom. The first kappa shape index (κ1) is 10.3. The number of nitrogens with two attached hydrogens (primary N) is 1. The average molecular weight is 293 g/mol. The molecule has 0 saturated heterocycles. The average Bonchev–Trinajstić information content (AvgIpc) is 2.08. The second kappa shape index (κ2) is 3.93. The van der Waals surface area contributed by atoms with Gasteiger partial charge in [0.15, 0.2) is 6.10 Å². The highest BCUT2D eigenvalue weighted by molar-refractivity contribution is 14.1. The smallest absolute Gasteiger partial charge is 0.337 e. The van der Waals surface area contributed by atoms with Crippen LogP contribution in [-0.2, 0) is 4.79 Å². The lowest BCUT2D eigenvalue weighted by Crippen LogP contribution is -2.12. The number of aliphatic hydroxyl groups excluding tert-OH is 1. The van der Waals surface area contributed by atoms with Crippen LogP contribution in [0.2, 0.25) is 0 Å². The fourth-order valence-corrected chi connectivity index (χ4v) is 1.57. The molecule has 0 aliphatic rings. The Morgan fingerprint density at radius 2 is 2.15 bits per heavy atom. The molecule has 0 spiro atoms. The minimum absolute atomic E-state index is 0.327. The van der Waals surface area contributed by atoms with Gasteiger partial charge in [-0.15, -0.1) is 0 Å². The maximum atomic E-state index is 10.5. The van der Waals surface area contributed by atoms with E-state index < -0.39 is 12.1 Å². The van der Waals surface area contributed by atoms with E-state index in [1.165, 1.54) is 6.07 Å². The minimum Gasteiger partial charge on any atom is -0.479 e. The van der Waals surface area contributed by atoms with E-state index in [2.05, 4.69) is 0 Å². The number of carboxylic acid groups (broad SMARTS) is 1. The quantitative estimate of drug-likeness (QED) is 0.561. The molecular formula is C8H8INO3. The number of carbonyl (C=O) groups is 1. The summed E-state index contributed by atoms with van der Waals surface area (Å²) in [6.07, 6.45) is -1.50. The summed E-state index contributed by atoms with van der Waals surface area (Å²) in [5, 5.41) is 17.8. The van der Waals surface area contributed by atoms with Gasteiger partial charge in [-0.1, -0.05) is 12.1 Å². The summed E-state index contributed by atoms with van der Waals surface area (Å²) in [6.45, 7) is 0. The molecule has 1 rings (SSSR count). The number of nitrogen functional groups attached to an aromatic ring is 1. The molecule has 1 atom stereocenters. The molecule has 1 aromatic rings. The van der Waals surface area contributed by atoms with Gasteiger partial charge < -0.3 is 15.9 Å². The maximum absolute atomic E-state index is 10.5. The van der Waals surface area contributed by atoms with Crippen LogP contribution >= 0.6 is 22.6 Å². The van der Waals surface area contributed by atoms with Gasteiger partial charge in [-0.25, -0.2) is 4.79 Å².